The molecule has 0 aromatic rings. The molecule has 2 fully saturated rings. The molecule has 2 aliphatic rings. The van der Waals surface area contributed by atoms with Gasteiger partial charge in [0.2, 0.25) is 0 Å². The Kier molecular flexibility index (Phi) is 2.28. The second-order valence-electron chi connectivity index (χ2n) is 4.40. The lowest BCUT2D eigenvalue weighted by Crippen LogP contribution is -2.31. The lowest BCUT2D eigenvalue weighted by molar-refractivity contribution is -0.141. The van der Waals surface area contributed by atoms with Gasteiger partial charge in [-0.3, -0.25) is 4.79 Å². The molecule has 0 heterocycles. The molecule has 0 amide bonds. The smallest absolute Gasteiger partial charge is 0.306 e. The number of carboxylic acids is 1. The predicted octanol–water partition coefficient (Wildman–Crippen LogP) is 1.33. The van der Waals surface area contributed by atoms with Crippen LogP contribution < -0.4 is 0 Å². The van der Waals surface area contributed by atoms with E-state index in [0.717, 1.165) is 25.3 Å². The summed E-state index contributed by atoms with van der Waals surface area (Å²) in [5.41, 5.74) is 0. The lowest BCUT2D eigenvalue weighted by Gasteiger charge is -2.23. The summed E-state index contributed by atoms with van der Waals surface area (Å²) in [6.07, 6.45) is 5.43. The molecular weight excluding hydrogens is 166 g/mol. The number of nitrogens with zero attached hydrogens (tertiary/aromatic N) is 1. The van der Waals surface area contributed by atoms with Crippen molar-refractivity contribution in [2.45, 2.75) is 44.2 Å². The molecule has 2 aliphatic carbocycles. The van der Waals surface area contributed by atoms with Crippen molar-refractivity contribution in [3.05, 3.63) is 0 Å². The van der Waals surface area contributed by atoms with Gasteiger partial charge in [-0.25, -0.2) is 0 Å². The molecule has 0 bridgehead atoms. The highest BCUT2D eigenvalue weighted by molar-refractivity contribution is 5.70. The van der Waals surface area contributed by atoms with Crippen molar-refractivity contribution < 1.29 is 9.90 Å². The van der Waals surface area contributed by atoms with Gasteiger partial charge in [0.05, 0.1) is 5.92 Å². The highest BCUT2D eigenvalue weighted by Crippen LogP contribution is 2.35. The maximum atomic E-state index is 10.7. The summed E-state index contributed by atoms with van der Waals surface area (Å²) in [4.78, 5) is 13.1. The van der Waals surface area contributed by atoms with Crippen LogP contribution in [0.4, 0.5) is 0 Å². The van der Waals surface area contributed by atoms with Gasteiger partial charge in [0.15, 0.2) is 0 Å². The fourth-order valence-electron chi connectivity index (χ4n) is 2.33. The molecular formula is C10H17NO2. The van der Waals surface area contributed by atoms with E-state index in [-0.39, 0.29) is 5.92 Å². The van der Waals surface area contributed by atoms with Crippen LogP contribution in [0, 0.1) is 5.92 Å². The van der Waals surface area contributed by atoms with Crippen molar-refractivity contribution in [1.82, 2.24) is 4.90 Å². The third kappa shape index (κ3) is 1.85. The summed E-state index contributed by atoms with van der Waals surface area (Å²) in [6.45, 7) is 0. The van der Waals surface area contributed by atoms with Gasteiger partial charge in [0, 0.05) is 12.1 Å². The monoisotopic (exact) mass is 183 g/mol. The van der Waals surface area contributed by atoms with Crippen molar-refractivity contribution >= 4 is 5.97 Å². The summed E-state index contributed by atoms with van der Waals surface area (Å²) in [7, 11) is 2.15. The van der Waals surface area contributed by atoms with Crippen LogP contribution in [0.25, 0.3) is 0 Å². The first-order valence-electron chi connectivity index (χ1n) is 5.13. The molecule has 3 nitrogen and oxygen atoms in total. The first-order valence-corrected chi connectivity index (χ1v) is 5.13. The van der Waals surface area contributed by atoms with E-state index >= 15 is 0 Å². The molecule has 0 aromatic carbocycles. The molecule has 13 heavy (non-hydrogen) atoms. The molecule has 2 saturated carbocycles. The second kappa shape index (κ2) is 3.29. The Morgan fingerprint density at radius 3 is 2.31 bits per heavy atom. The van der Waals surface area contributed by atoms with Crippen LogP contribution >= 0.6 is 0 Å². The van der Waals surface area contributed by atoms with Gasteiger partial charge in [0.25, 0.3) is 0 Å². The largest absolute Gasteiger partial charge is 0.481 e. The van der Waals surface area contributed by atoms with Crippen LogP contribution in [0.2, 0.25) is 0 Å². The van der Waals surface area contributed by atoms with Gasteiger partial charge in [-0.2, -0.15) is 0 Å². The number of carboxylic acid groups (broad SMARTS) is 1. The van der Waals surface area contributed by atoms with Crippen molar-refractivity contribution in [2.24, 2.45) is 5.92 Å². The Morgan fingerprint density at radius 2 is 1.85 bits per heavy atom. The summed E-state index contributed by atoms with van der Waals surface area (Å²) in [5, 5.41) is 8.85. The minimum absolute atomic E-state index is 0.0776. The number of aliphatic carboxylic acids is 1. The zero-order valence-electron chi connectivity index (χ0n) is 8.07. The van der Waals surface area contributed by atoms with E-state index < -0.39 is 5.97 Å². The molecule has 0 aromatic heterocycles. The summed E-state index contributed by atoms with van der Waals surface area (Å²) < 4.78 is 0. The molecule has 2 rings (SSSR count). The number of rotatable bonds is 3. The third-order valence-electron chi connectivity index (χ3n) is 3.45. The molecule has 0 radical (unpaired) electrons. The van der Waals surface area contributed by atoms with Crippen LogP contribution in [-0.4, -0.2) is 35.1 Å². The van der Waals surface area contributed by atoms with E-state index in [2.05, 4.69) is 11.9 Å². The van der Waals surface area contributed by atoms with Crippen LogP contribution in [-0.2, 0) is 4.79 Å². The van der Waals surface area contributed by atoms with Crippen molar-refractivity contribution in [3.8, 4) is 0 Å². The van der Waals surface area contributed by atoms with E-state index in [1.807, 2.05) is 0 Å². The Balaban J connectivity index is 1.86. The average Bonchev–Trinajstić information content (AvgIpc) is 2.81. The van der Waals surface area contributed by atoms with E-state index in [9.17, 15) is 4.79 Å². The summed E-state index contributed by atoms with van der Waals surface area (Å²) >= 11 is 0. The molecule has 2 atom stereocenters. The molecule has 3 heteroatoms. The van der Waals surface area contributed by atoms with Gasteiger partial charge in [0.1, 0.15) is 0 Å². The fourth-order valence-corrected chi connectivity index (χ4v) is 2.33. The van der Waals surface area contributed by atoms with Gasteiger partial charge in [-0.1, -0.05) is 0 Å². The van der Waals surface area contributed by atoms with Crippen molar-refractivity contribution in [2.75, 3.05) is 7.05 Å². The average molecular weight is 183 g/mol. The minimum Gasteiger partial charge on any atom is -0.481 e. The van der Waals surface area contributed by atoms with Crippen molar-refractivity contribution in [1.29, 1.82) is 0 Å². The van der Waals surface area contributed by atoms with E-state index in [4.69, 9.17) is 5.11 Å². The highest BCUT2D eigenvalue weighted by Gasteiger charge is 2.37. The van der Waals surface area contributed by atoms with Crippen LogP contribution in [0.5, 0.6) is 0 Å². The number of carbonyl (C=O) groups is 1. The zero-order valence-corrected chi connectivity index (χ0v) is 8.07. The predicted molar refractivity (Wildman–Crippen MR) is 49.5 cm³/mol. The Labute approximate surface area is 78.7 Å². The number of hydrogen-bond acceptors (Lipinski definition) is 2. The third-order valence-corrected chi connectivity index (χ3v) is 3.45. The summed E-state index contributed by atoms with van der Waals surface area (Å²) in [6, 6.07) is 1.30. The zero-order chi connectivity index (χ0) is 9.42. The van der Waals surface area contributed by atoms with Gasteiger partial charge < -0.3 is 10.0 Å². The molecule has 0 saturated heterocycles. The second-order valence-corrected chi connectivity index (χ2v) is 4.40. The van der Waals surface area contributed by atoms with E-state index in [1.165, 1.54) is 12.8 Å². The lowest BCUT2D eigenvalue weighted by atomic mass is 10.1. The topological polar surface area (TPSA) is 40.5 Å². The summed E-state index contributed by atoms with van der Waals surface area (Å²) in [5.74, 6) is -0.683. The first kappa shape index (κ1) is 9.00. The number of hydrogen-bond donors (Lipinski definition) is 1. The molecule has 0 spiro atoms. The van der Waals surface area contributed by atoms with E-state index in [1.54, 1.807) is 0 Å². The Bertz CT molecular complexity index is 213. The quantitative estimate of drug-likeness (QED) is 0.717. The van der Waals surface area contributed by atoms with Gasteiger partial charge >= 0.3 is 5.97 Å². The minimum atomic E-state index is -0.605. The molecule has 1 N–H and O–H groups in total. The van der Waals surface area contributed by atoms with Crippen LogP contribution in [0.1, 0.15) is 32.1 Å². The first-order chi connectivity index (χ1) is 6.18. The van der Waals surface area contributed by atoms with Crippen LogP contribution in [0.15, 0.2) is 0 Å². The highest BCUT2D eigenvalue weighted by atomic mass is 16.4. The normalized spacial score (nSPS) is 34.0. The standard InChI is InChI=1S/C10H17NO2/c1-11(8-4-5-8)9-3-2-7(6-9)10(12)13/h7-9H,2-6H2,1H3,(H,12,13). The van der Waals surface area contributed by atoms with Crippen molar-refractivity contribution in [3.63, 3.8) is 0 Å². The SMILES string of the molecule is CN(C1CC1)C1CCC(C(=O)O)C1. The van der Waals surface area contributed by atoms with Gasteiger partial charge in [-0.05, 0) is 39.2 Å². The fraction of sp³-hybridized carbons (Fsp3) is 0.900. The Morgan fingerprint density at radius 1 is 1.23 bits per heavy atom. The molecule has 0 aliphatic heterocycles. The van der Waals surface area contributed by atoms with Gasteiger partial charge in [-0.15, -0.1) is 0 Å². The molecule has 2 unspecified atom stereocenters. The van der Waals surface area contributed by atoms with Crippen LogP contribution in [0.3, 0.4) is 0 Å². The maximum Gasteiger partial charge on any atom is 0.306 e. The maximum absolute atomic E-state index is 10.7. The molecule has 74 valence electrons. The van der Waals surface area contributed by atoms with E-state index in [0.29, 0.717) is 6.04 Å². The Hall–Kier alpha value is -0.570.